The topological polar surface area (TPSA) is 32.3 Å². The number of carbonyl (C=O) groups excluding carboxylic acids is 1. The highest BCUT2D eigenvalue weighted by molar-refractivity contribution is 7.14. The van der Waals surface area contributed by atoms with Crippen molar-refractivity contribution in [2.75, 3.05) is 19.6 Å². The maximum atomic E-state index is 12.4. The van der Waals surface area contributed by atoms with Gasteiger partial charge in [0.2, 0.25) is 0 Å². The molecule has 0 aromatic carbocycles. The SMILES string of the molecule is CCc1sc(C(=O)N2CCNCC2C)cc1C. The van der Waals surface area contributed by atoms with Crippen molar-refractivity contribution in [3.63, 3.8) is 0 Å². The van der Waals surface area contributed by atoms with Gasteiger partial charge in [0.25, 0.3) is 5.91 Å². The molecule has 1 amide bonds. The Hall–Kier alpha value is -0.870. The van der Waals surface area contributed by atoms with E-state index in [0.717, 1.165) is 30.9 Å². The number of hydrogen-bond acceptors (Lipinski definition) is 3. The molecule has 2 heterocycles. The van der Waals surface area contributed by atoms with Gasteiger partial charge in [-0.1, -0.05) is 6.92 Å². The van der Waals surface area contributed by atoms with Crippen LogP contribution in [0.3, 0.4) is 0 Å². The summed E-state index contributed by atoms with van der Waals surface area (Å²) in [5.41, 5.74) is 1.25. The Morgan fingerprint density at radius 3 is 3.00 bits per heavy atom. The van der Waals surface area contributed by atoms with E-state index in [9.17, 15) is 4.79 Å². The lowest BCUT2D eigenvalue weighted by molar-refractivity contribution is 0.0661. The van der Waals surface area contributed by atoms with Crippen molar-refractivity contribution in [1.82, 2.24) is 10.2 Å². The zero-order chi connectivity index (χ0) is 12.4. The van der Waals surface area contributed by atoms with Crippen LogP contribution in [0.15, 0.2) is 6.07 Å². The van der Waals surface area contributed by atoms with E-state index in [1.165, 1.54) is 10.4 Å². The minimum atomic E-state index is 0.201. The molecule has 1 aromatic heterocycles. The third-order valence-corrected chi connectivity index (χ3v) is 4.68. The fraction of sp³-hybridized carbons (Fsp3) is 0.615. The maximum absolute atomic E-state index is 12.4. The van der Waals surface area contributed by atoms with Gasteiger partial charge in [-0.05, 0) is 31.9 Å². The Morgan fingerprint density at radius 1 is 1.65 bits per heavy atom. The van der Waals surface area contributed by atoms with Gasteiger partial charge in [0.05, 0.1) is 4.88 Å². The van der Waals surface area contributed by atoms with Gasteiger partial charge in [-0.25, -0.2) is 0 Å². The average molecular weight is 252 g/mol. The molecular formula is C13H20N2OS. The van der Waals surface area contributed by atoms with Crippen LogP contribution in [0.4, 0.5) is 0 Å². The molecular weight excluding hydrogens is 232 g/mol. The van der Waals surface area contributed by atoms with Crippen LogP contribution in [-0.2, 0) is 6.42 Å². The largest absolute Gasteiger partial charge is 0.333 e. The first-order valence-electron chi connectivity index (χ1n) is 6.24. The lowest BCUT2D eigenvalue weighted by atomic mass is 10.2. The molecule has 1 fully saturated rings. The molecule has 94 valence electrons. The number of nitrogens with zero attached hydrogens (tertiary/aromatic N) is 1. The van der Waals surface area contributed by atoms with E-state index in [2.05, 4.69) is 26.1 Å². The molecule has 1 aliphatic heterocycles. The number of thiophene rings is 1. The van der Waals surface area contributed by atoms with Crippen LogP contribution in [0, 0.1) is 6.92 Å². The van der Waals surface area contributed by atoms with Gasteiger partial charge in [-0.15, -0.1) is 11.3 Å². The van der Waals surface area contributed by atoms with E-state index in [4.69, 9.17) is 0 Å². The van der Waals surface area contributed by atoms with Crippen molar-refractivity contribution in [3.8, 4) is 0 Å². The van der Waals surface area contributed by atoms with Gasteiger partial charge >= 0.3 is 0 Å². The predicted octanol–water partition coefficient (Wildman–Crippen LogP) is 2.05. The second kappa shape index (κ2) is 5.19. The van der Waals surface area contributed by atoms with Crippen LogP contribution in [-0.4, -0.2) is 36.5 Å². The first-order valence-corrected chi connectivity index (χ1v) is 7.06. The molecule has 17 heavy (non-hydrogen) atoms. The molecule has 1 atom stereocenters. The number of aryl methyl sites for hydroxylation is 2. The summed E-state index contributed by atoms with van der Waals surface area (Å²) < 4.78 is 0. The normalized spacial score (nSPS) is 20.6. The van der Waals surface area contributed by atoms with Crippen LogP contribution < -0.4 is 5.32 Å². The predicted molar refractivity (Wildman–Crippen MR) is 71.8 cm³/mol. The molecule has 1 saturated heterocycles. The van der Waals surface area contributed by atoms with E-state index in [1.54, 1.807) is 11.3 Å². The first-order chi connectivity index (χ1) is 8.13. The standard InChI is InChI=1S/C13H20N2OS/c1-4-11-9(2)7-12(17-11)13(16)15-6-5-14-8-10(15)3/h7,10,14H,4-6,8H2,1-3H3. The molecule has 1 N–H and O–H groups in total. The van der Waals surface area contributed by atoms with Crippen LogP contribution in [0.25, 0.3) is 0 Å². The highest BCUT2D eigenvalue weighted by Gasteiger charge is 2.25. The van der Waals surface area contributed by atoms with Gasteiger partial charge < -0.3 is 10.2 Å². The fourth-order valence-corrected chi connectivity index (χ4v) is 3.33. The van der Waals surface area contributed by atoms with Gasteiger partial charge in [-0.3, -0.25) is 4.79 Å². The van der Waals surface area contributed by atoms with Crippen LogP contribution in [0.1, 0.15) is 34.0 Å². The van der Waals surface area contributed by atoms with Crippen LogP contribution >= 0.6 is 11.3 Å². The number of rotatable bonds is 2. The van der Waals surface area contributed by atoms with Crippen molar-refractivity contribution in [1.29, 1.82) is 0 Å². The molecule has 0 spiro atoms. The second-order valence-corrected chi connectivity index (χ2v) is 5.76. The molecule has 0 radical (unpaired) electrons. The van der Waals surface area contributed by atoms with Crippen LogP contribution in [0.2, 0.25) is 0 Å². The molecule has 1 aromatic rings. The molecule has 0 saturated carbocycles. The van der Waals surface area contributed by atoms with Crippen molar-refractivity contribution in [2.45, 2.75) is 33.2 Å². The summed E-state index contributed by atoms with van der Waals surface area (Å²) in [5, 5.41) is 3.31. The van der Waals surface area contributed by atoms with Crippen molar-refractivity contribution in [2.24, 2.45) is 0 Å². The molecule has 0 bridgehead atoms. The number of carbonyl (C=O) groups is 1. The Morgan fingerprint density at radius 2 is 2.41 bits per heavy atom. The van der Waals surface area contributed by atoms with Crippen molar-refractivity contribution in [3.05, 3.63) is 21.4 Å². The summed E-state index contributed by atoms with van der Waals surface area (Å²) >= 11 is 1.65. The summed E-state index contributed by atoms with van der Waals surface area (Å²) in [6.45, 7) is 8.95. The van der Waals surface area contributed by atoms with Gasteiger partial charge in [0.15, 0.2) is 0 Å². The zero-order valence-electron chi connectivity index (χ0n) is 10.7. The minimum Gasteiger partial charge on any atom is -0.333 e. The molecule has 1 aliphatic rings. The van der Waals surface area contributed by atoms with Gasteiger partial charge in [-0.2, -0.15) is 0 Å². The molecule has 4 heteroatoms. The van der Waals surface area contributed by atoms with Gasteiger partial charge in [0.1, 0.15) is 0 Å². The molecule has 0 aliphatic carbocycles. The molecule has 3 nitrogen and oxygen atoms in total. The Kier molecular flexibility index (Phi) is 3.84. The van der Waals surface area contributed by atoms with Gasteiger partial charge in [0, 0.05) is 30.6 Å². The second-order valence-electron chi connectivity index (χ2n) is 4.62. The quantitative estimate of drug-likeness (QED) is 0.873. The smallest absolute Gasteiger partial charge is 0.264 e. The third kappa shape index (κ3) is 2.53. The van der Waals surface area contributed by atoms with Crippen LogP contribution in [0.5, 0.6) is 0 Å². The number of hydrogen-bond donors (Lipinski definition) is 1. The van der Waals surface area contributed by atoms with E-state index >= 15 is 0 Å². The Bertz CT molecular complexity index is 414. The fourth-order valence-electron chi connectivity index (χ4n) is 2.26. The van der Waals surface area contributed by atoms with Crippen molar-refractivity contribution < 1.29 is 4.79 Å². The Labute approximate surface area is 107 Å². The first kappa shape index (κ1) is 12.6. The monoisotopic (exact) mass is 252 g/mol. The van der Waals surface area contributed by atoms with E-state index < -0.39 is 0 Å². The average Bonchev–Trinajstić information content (AvgIpc) is 2.70. The summed E-state index contributed by atoms with van der Waals surface area (Å²) in [6, 6.07) is 2.34. The summed E-state index contributed by atoms with van der Waals surface area (Å²) in [5.74, 6) is 0.201. The Balaban J connectivity index is 2.17. The molecule has 1 unspecified atom stereocenters. The summed E-state index contributed by atoms with van der Waals surface area (Å²) in [4.78, 5) is 16.6. The van der Waals surface area contributed by atoms with E-state index in [-0.39, 0.29) is 5.91 Å². The lowest BCUT2D eigenvalue weighted by Gasteiger charge is -2.33. The highest BCUT2D eigenvalue weighted by atomic mass is 32.1. The third-order valence-electron chi connectivity index (χ3n) is 3.31. The highest BCUT2D eigenvalue weighted by Crippen LogP contribution is 2.24. The number of nitrogens with one attached hydrogen (secondary N) is 1. The van der Waals surface area contributed by atoms with E-state index in [1.807, 2.05) is 11.0 Å². The molecule has 2 rings (SSSR count). The van der Waals surface area contributed by atoms with E-state index in [0.29, 0.717) is 6.04 Å². The van der Waals surface area contributed by atoms with Crippen molar-refractivity contribution >= 4 is 17.2 Å². The number of piperazine rings is 1. The number of amides is 1. The summed E-state index contributed by atoms with van der Waals surface area (Å²) in [6.07, 6.45) is 1.01. The maximum Gasteiger partial charge on any atom is 0.264 e. The minimum absolute atomic E-state index is 0.201. The zero-order valence-corrected chi connectivity index (χ0v) is 11.6. The summed E-state index contributed by atoms with van der Waals surface area (Å²) in [7, 11) is 0. The lowest BCUT2D eigenvalue weighted by Crippen LogP contribution is -2.52.